The molecule has 50 heavy (non-hydrogen) atoms. The van der Waals surface area contributed by atoms with Crippen molar-refractivity contribution >= 4 is 103 Å². The molecule has 0 aliphatic heterocycles. The van der Waals surface area contributed by atoms with Crippen molar-refractivity contribution in [3.05, 3.63) is 170 Å². The Morgan fingerprint density at radius 1 is 0.460 bits per heavy atom. The second-order valence-corrected chi connectivity index (χ2v) is 14.0. The van der Waals surface area contributed by atoms with Crippen LogP contribution in [0.2, 0.25) is 0 Å². The lowest BCUT2D eigenvalue weighted by Crippen LogP contribution is -2.10. The van der Waals surface area contributed by atoms with Gasteiger partial charge in [0.2, 0.25) is 0 Å². The summed E-state index contributed by atoms with van der Waals surface area (Å²) in [4.78, 5) is 2.37. The summed E-state index contributed by atoms with van der Waals surface area (Å²) in [5.74, 6) is 0. The van der Waals surface area contributed by atoms with E-state index in [9.17, 15) is 0 Å². The van der Waals surface area contributed by atoms with E-state index in [0.717, 1.165) is 50.2 Å². The van der Waals surface area contributed by atoms with Crippen molar-refractivity contribution in [3.63, 3.8) is 0 Å². The summed E-state index contributed by atoms with van der Waals surface area (Å²) in [5, 5.41) is 9.84. The number of nitrogens with zero attached hydrogens (tertiary/aromatic N) is 2. The third kappa shape index (κ3) is 3.97. The lowest BCUT2D eigenvalue weighted by molar-refractivity contribution is 0.669. The minimum atomic E-state index is 0.875. The summed E-state index contributed by atoms with van der Waals surface area (Å²) < 4.78 is 11.6. The SMILES string of the molecule is c1ccc(-n2c3ccccc3c3ccc(N(c4ccc5c(c4)sc4c6ccccc6ccc54)c4cccc5c4oc4ccccc45)cc32)cc1. The molecule has 0 atom stereocenters. The molecule has 3 aromatic heterocycles. The average molecular weight is 657 g/mol. The fourth-order valence-corrected chi connectivity index (χ4v) is 9.19. The molecule has 11 rings (SSSR count). The normalized spacial score (nSPS) is 12.0. The molecule has 3 nitrogen and oxygen atoms in total. The van der Waals surface area contributed by atoms with Crippen LogP contribution in [0.5, 0.6) is 0 Å². The molecule has 11 aromatic rings. The summed E-state index contributed by atoms with van der Waals surface area (Å²) in [5.41, 5.74) is 8.41. The monoisotopic (exact) mass is 656 g/mol. The highest BCUT2D eigenvalue weighted by Gasteiger charge is 2.22. The van der Waals surface area contributed by atoms with Gasteiger partial charge in [0.1, 0.15) is 5.58 Å². The van der Waals surface area contributed by atoms with Gasteiger partial charge < -0.3 is 13.9 Å². The van der Waals surface area contributed by atoms with E-state index >= 15 is 0 Å². The van der Waals surface area contributed by atoms with Crippen LogP contribution in [0.25, 0.3) is 80.4 Å². The van der Waals surface area contributed by atoms with Crippen molar-refractivity contribution in [1.29, 1.82) is 0 Å². The first-order chi connectivity index (χ1) is 24.8. The largest absolute Gasteiger partial charge is 0.454 e. The first kappa shape index (κ1) is 27.6. The van der Waals surface area contributed by atoms with Crippen molar-refractivity contribution in [3.8, 4) is 5.69 Å². The molecule has 0 N–H and O–H groups in total. The summed E-state index contributed by atoms with van der Waals surface area (Å²) >= 11 is 1.87. The Labute approximate surface area is 291 Å². The lowest BCUT2D eigenvalue weighted by atomic mass is 10.1. The number of furan rings is 1. The summed E-state index contributed by atoms with van der Waals surface area (Å²) in [7, 11) is 0. The van der Waals surface area contributed by atoms with Gasteiger partial charge in [-0.05, 0) is 65.4 Å². The maximum atomic E-state index is 6.68. The van der Waals surface area contributed by atoms with Gasteiger partial charge >= 0.3 is 0 Å². The second-order valence-electron chi connectivity index (χ2n) is 12.9. The number of rotatable bonds is 4. The van der Waals surface area contributed by atoms with Crippen molar-refractivity contribution in [2.24, 2.45) is 0 Å². The molecular formula is C46H28N2OS. The Hall–Kier alpha value is -6.36. The molecule has 0 aliphatic rings. The molecule has 3 heterocycles. The van der Waals surface area contributed by atoms with Crippen LogP contribution in [0.4, 0.5) is 17.1 Å². The third-order valence-corrected chi connectivity index (χ3v) is 11.4. The van der Waals surface area contributed by atoms with Gasteiger partial charge in [-0.15, -0.1) is 11.3 Å². The number of aromatic nitrogens is 1. The van der Waals surface area contributed by atoms with Gasteiger partial charge in [-0.1, -0.05) is 115 Å². The van der Waals surface area contributed by atoms with Gasteiger partial charge in [-0.3, -0.25) is 0 Å². The topological polar surface area (TPSA) is 21.3 Å². The van der Waals surface area contributed by atoms with Gasteiger partial charge in [0, 0.05) is 58.8 Å². The summed E-state index contributed by atoms with van der Waals surface area (Å²) in [6.07, 6.45) is 0. The van der Waals surface area contributed by atoms with E-state index in [-0.39, 0.29) is 0 Å². The first-order valence-electron chi connectivity index (χ1n) is 16.9. The summed E-state index contributed by atoms with van der Waals surface area (Å²) in [6, 6.07) is 61.2. The maximum Gasteiger partial charge on any atom is 0.159 e. The van der Waals surface area contributed by atoms with E-state index in [0.29, 0.717) is 0 Å². The molecule has 0 unspecified atom stereocenters. The highest BCUT2D eigenvalue weighted by Crippen LogP contribution is 2.46. The highest BCUT2D eigenvalue weighted by molar-refractivity contribution is 7.26. The smallest absolute Gasteiger partial charge is 0.159 e. The van der Waals surface area contributed by atoms with Crippen LogP contribution < -0.4 is 4.90 Å². The zero-order valence-corrected chi connectivity index (χ0v) is 27.7. The van der Waals surface area contributed by atoms with E-state index in [1.165, 1.54) is 47.2 Å². The maximum absolute atomic E-state index is 6.68. The molecule has 8 aromatic carbocycles. The zero-order valence-electron chi connectivity index (χ0n) is 26.9. The Balaban J connectivity index is 1.21. The minimum Gasteiger partial charge on any atom is -0.454 e. The summed E-state index contributed by atoms with van der Waals surface area (Å²) in [6.45, 7) is 0. The number of hydrogen-bond acceptors (Lipinski definition) is 3. The van der Waals surface area contributed by atoms with E-state index in [1.54, 1.807) is 0 Å². The lowest BCUT2D eigenvalue weighted by Gasteiger charge is -2.26. The molecule has 0 amide bonds. The highest BCUT2D eigenvalue weighted by atomic mass is 32.1. The number of para-hydroxylation sites is 4. The van der Waals surface area contributed by atoms with Crippen LogP contribution in [0.3, 0.4) is 0 Å². The standard InChI is InChI=1S/C46H28N2OS/c1-2-12-30(13-3-1)48-40-18-8-6-15-34(40)35-25-22-31(27-42(35)48)47(41-19-10-17-38-36-16-7-9-20-43(36)49-45(38)41)32-23-26-37-39-24-21-29-11-4-5-14-33(29)46(39)50-44(37)28-32/h1-28H. The van der Waals surface area contributed by atoms with Crippen LogP contribution in [-0.2, 0) is 0 Å². The van der Waals surface area contributed by atoms with E-state index in [2.05, 4.69) is 173 Å². The molecule has 234 valence electrons. The van der Waals surface area contributed by atoms with E-state index in [4.69, 9.17) is 4.42 Å². The zero-order chi connectivity index (χ0) is 32.8. The fourth-order valence-electron chi connectivity index (χ4n) is 7.92. The number of hydrogen-bond donors (Lipinski definition) is 0. The van der Waals surface area contributed by atoms with Crippen molar-refractivity contribution in [2.75, 3.05) is 4.90 Å². The first-order valence-corrected chi connectivity index (χ1v) is 17.7. The van der Waals surface area contributed by atoms with Crippen molar-refractivity contribution in [1.82, 2.24) is 4.57 Å². The quantitative estimate of drug-likeness (QED) is 0.188. The molecule has 0 aliphatic carbocycles. The predicted octanol–water partition coefficient (Wildman–Crippen LogP) is 13.7. The molecule has 4 heteroatoms. The van der Waals surface area contributed by atoms with Crippen molar-refractivity contribution in [2.45, 2.75) is 0 Å². The van der Waals surface area contributed by atoms with Crippen molar-refractivity contribution < 1.29 is 4.42 Å². The van der Waals surface area contributed by atoms with Gasteiger partial charge in [0.15, 0.2) is 5.58 Å². The third-order valence-electron chi connectivity index (χ3n) is 10.2. The molecule has 0 saturated heterocycles. The second kappa shape index (κ2) is 10.6. The predicted molar refractivity (Wildman–Crippen MR) is 213 cm³/mol. The van der Waals surface area contributed by atoms with Gasteiger partial charge in [-0.2, -0.15) is 0 Å². The number of fused-ring (bicyclic) bond motifs is 11. The number of thiophene rings is 1. The fraction of sp³-hybridized carbons (Fsp3) is 0. The van der Waals surface area contributed by atoms with Crippen LogP contribution in [-0.4, -0.2) is 4.57 Å². The molecule has 0 fully saturated rings. The Morgan fingerprint density at radius 3 is 2.04 bits per heavy atom. The van der Waals surface area contributed by atoms with Gasteiger partial charge in [-0.25, -0.2) is 0 Å². The number of benzene rings is 8. The molecule has 0 radical (unpaired) electrons. The van der Waals surface area contributed by atoms with E-state index < -0.39 is 0 Å². The van der Waals surface area contributed by atoms with Crippen LogP contribution in [0.1, 0.15) is 0 Å². The average Bonchev–Trinajstić information content (AvgIpc) is 3.85. The van der Waals surface area contributed by atoms with Crippen LogP contribution >= 0.6 is 11.3 Å². The van der Waals surface area contributed by atoms with Gasteiger partial charge in [0.25, 0.3) is 0 Å². The molecular weight excluding hydrogens is 629 g/mol. The number of anilines is 3. The van der Waals surface area contributed by atoms with Crippen LogP contribution in [0, 0.1) is 0 Å². The van der Waals surface area contributed by atoms with E-state index in [1.807, 2.05) is 17.4 Å². The Kier molecular flexibility index (Phi) is 5.83. The molecule has 0 bridgehead atoms. The minimum absolute atomic E-state index is 0.875. The van der Waals surface area contributed by atoms with Crippen LogP contribution in [0.15, 0.2) is 174 Å². The molecule has 0 spiro atoms. The van der Waals surface area contributed by atoms with Gasteiger partial charge in [0.05, 0.1) is 16.7 Å². The Morgan fingerprint density at radius 2 is 1.14 bits per heavy atom. The molecule has 0 saturated carbocycles. The Bertz CT molecular complexity index is 3110.